The summed E-state index contributed by atoms with van der Waals surface area (Å²) in [5.41, 5.74) is 0. The van der Waals surface area contributed by atoms with Crippen molar-refractivity contribution in [2.75, 3.05) is 47.2 Å². The number of methoxy groups -OCH3 is 1. The molecule has 15 heavy (non-hydrogen) atoms. The van der Waals surface area contributed by atoms with Gasteiger partial charge in [-0.3, -0.25) is 5.32 Å². The van der Waals surface area contributed by atoms with E-state index in [1.807, 2.05) is 0 Å². The average molecular weight is 221 g/mol. The van der Waals surface area contributed by atoms with E-state index >= 15 is 0 Å². The number of hydrogen-bond donors (Lipinski definition) is 2. The lowest BCUT2D eigenvalue weighted by atomic mass is 10.4. The minimum atomic E-state index is -0.576. The molecule has 0 heterocycles. The summed E-state index contributed by atoms with van der Waals surface area (Å²) in [4.78, 5) is 0. The van der Waals surface area contributed by atoms with E-state index in [-0.39, 0.29) is 0 Å². The summed E-state index contributed by atoms with van der Waals surface area (Å²) in [7, 11) is 3.37. The van der Waals surface area contributed by atoms with Crippen LogP contribution in [0.25, 0.3) is 0 Å². The van der Waals surface area contributed by atoms with Crippen LogP contribution in [0.1, 0.15) is 12.8 Å². The highest BCUT2D eigenvalue weighted by atomic mass is 16.5. The summed E-state index contributed by atoms with van der Waals surface area (Å²) >= 11 is 0. The monoisotopic (exact) mass is 221 g/mol. The predicted octanol–water partition coefficient (Wildman–Crippen LogP) is -0.0160. The molecule has 0 rings (SSSR count). The van der Waals surface area contributed by atoms with Crippen LogP contribution in [0, 0.1) is 0 Å². The summed E-state index contributed by atoms with van der Waals surface area (Å²) in [5.74, 6) is 0. The van der Waals surface area contributed by atoms with Crippen molar-refractivity contribution in [1.82, 2.24) is 5.32 Å². The Balaban J connectivity index is 2.92. The van der Waals surface area contributed by atoms with Gasteiger partial charge in [-0.15, -0.1) is 0 Å². The fourth-order valence-corrected chi connectivity index (χ4v) is 0.949. The summed E-state index contributed by atoms with van der Waals surface area (Å²) < 4.78 is 15.4. The Bertz CT molecular complexity index is 124. The first-order valence-corrected chi connectivity index (χ1v) is 5.31. The maximum absolute atomic E-state index is 9.08. The summed E-state index contributed by atoms with van der Waals surface area (Å²) in [6, 6.07) is 0. The normalized spacial score (nSPS) is 13.0. The Morgan fingerprint density at radius 3 is 2.27 bits per heavy atom. The zero-order valence-corrected chi connectivity index (χ0v) is 9.70. The molecule has 0 aromatic rings. The van der Waals surface area contributed by atoms with Crippen LogP contribution < -0.4 is 5.32 Å². The van der Waals surface area contributed by atoms with Gasteiger partial charge in [0.1, 0.15) is 6.23 Å². The Kier molecular flexibility index (Phi) is 11.7. The first-order valence-electron chi connectivity index (χ1n) is 5.31. The van der Waals surface area contributed by atoms with Crippen molar-refractivity contribution in [2.24, 2.45) is 0 Å². The highest BCUT2D eigenvalue weighted by Gasteiger charge is 1.98. The summed E-state index contributed by atoms with van der Waals surface area (Å²) in [5, 5.41) is 11.8. The van der Waals surface area contributed by atoms with Crippen molar-refractivity contribution >= 4 is 0 Å². The first-order chi connectivity index (χ1) is 7.31. The summed E-state index contributed by atoms with van der Waals surface area (Å²) in [6.45, 7) is 3.10. The third kappa shape index (κ3) is 11.7. The summed E-state index contributed by atoms with van der Waals surface area (Å²) in [6.07, 6.45) is 1.20. The molecule has 1 unspecified atom stereocenters. The molecule has 0 saturated heterocycles. The Hall–Kier alpha value is -0.200. The van der Waals surface area contributed by atoms with Crippen LogP contribution in [-0.2, 0) is 14.2 Å². The second-order valence-electron chi connectivity index (χ2n) is 3.19. The second kappa shape index (κ2) is 11.9. The van der Waals surface area contributed by atoms with Crippen LogP contribution >= 0.6 is 0 Å². The van der Waals surface area contributed by atoms with Gasteiger partial charge < -0.3 is 19.3 Å². The van der Waals surface area contributed by atoms with Gasteiger partial charge in [0.15, 0.2) is 0 Å². The van der Waals surface area contributed by atoms with Gasteiger partial charge in [-0.2, -0.15) is 0 Å². The Morgan fingerprint density at radius 2 is 1.67 bits per heavy atom. The zero-order chi connectivity index (χ0) is 11.4. The molecule has 0 aliphatic heterocycles. The Morgan fingerprint density at radius 1 is 1.07 bits per heavy atom. The number of ether oxygens (including phenoxy) is 3. The van der Waals surface area contributed by atoms with E-state index in [4.69, 9.17) is 19.3 Å². The lowest BCUT2D eigenvalue weighted by Crippen LogP contribution is -2.29. The molecule has 0 bridgehead atoms. The molecule has 0 aromatic heterocycles. The van der Waals surface area contributed by atoms with Gasteiger partial charge >= 0.3 is 0 Å². The van der Waals surface area contributed by atoms with E-state index in [1.54, 1.807) is 14.2 Å². The lowest BCUT2D eigenvalue weighted by Gasteiger charge is -2.09. The van der Waals surface area contributed by atoms with Gasteiger partial charge in [-0.25, -0.2) is 0 Å². The number of nitrogens with one attached hydrogen (secondary N) is 1. The van der Waals surface area contributed by atoms with Gasteiger partial charge in [0.2, 0.25) is 0 Å². The van der Waals surface area contributed by atoms with E-state index in [1.165, 1.54) is 0 Å². The molecule has 92 valence electrons. The quantitative estimate of drug-likeness (QED) is 0.379. The Labute approximate surface area is 91.7 Å². The minimum Gasteiger partial charge on any atom is -0.385 e. The van der Waals surface area contributed by atoms with E-state index in [0.29, 0.717) is 19.8 Å². The van der Waals surface area contributed by atoms with Crippen molar-refractivity contribution in [1.29, 1.82) is 0 Å². The van der Waals surface area contributed by atoms with Crippen LogP contribution in [0.4, 0.5) is 0 Å². The third-order valence-electron chi connectivity index (χ3n) is 1.82. The molecule has 0 saturated carbocycles. The lowest BCUT2D eigenvalue weighted by molar-refractivity contribution is 0.0124. The largest absolute Gasteiger partial charge is 0.385 e. The highest BCUT2D eigenvalue weighted by molar-refractivity contribution is 4.44. The number of aliphatic hydroxyl groups is 1. The van der Waals surface area contributed by atoms with Gasteiger partial charge in [0.05, 0.1) is 6.61 Å². The minimum absolute atomic E-state index is 0.320. The fraction of sp³-hybridized carbons (Fsp3) is 1.00. The van der Waals surface area contributed by atoms with Crippen molar-refractivity contribution in [3.05, 3.63) is 0 Å². The van der Waals surface area contributed by atoms with E-state index in [2.05, 4.69) is 5.32 Å². The second-order valence-corrected chi connectivity index (χ2v) is 3.19. The number of rotatable bonds is 11. The molecule has 0 spiro atoms. The molecule has 5 heteroatoms. The molecule has 0 amide bonds. The van der Waals surface area contributed by atoms with Gasteiger partial charge in [-0.05, 0) is 19.9 Å². The van der Waals surface area contributed by atoms with Crippen molar-refractivity contribution in [3.8, 4) is 0 Å². The molecule has 0 fully saturated rings. The van der Waals surface area contributed by atoms with Crippen molar-refractivity contribution in [3.63, 3.8) is 0 Å². The maximum Gasteiger partial charge on any atom is 0.128 e. The van der Waals surface area contributed by atoms with Crippen LogP contribution in [-0.4, -0.2) is 58.5 Å². The van der Waals surface area contributed by atoms with E-state index in [9.17, 15) is 0 Å². The number of hydrogen-bond acceptors (Lipinski definition) is 5. The predicted molar refractivity (Wildman–Crippen MR) is 57.8 cm³/mol. The molecule has 0 radical (unpaired) electrons. The van der Waals surface area contributed by atoms with Crippen molar-refractivity contribution in [2.45, 2.75) is 19.1 Å². The van der Waals surface area contributed by atoms with Crippen molar-refractivity contribution < 1.29 is 19.3 Å². The zero-order valence-electron chi connectivity index (χ0n) is 9.70. The highest BCUT2D eigenvalue weighted by Crippen LogP contribution is 1.89. The maximum atomic E-state index is 9.08. The molecule has 0 aliphatic carbocycles. The topological polar surface area (TPSA) is 60.0 Å². The fourth-order valence-electron chi connectivity index (χ4n) is 0.949. The molecular weight excluding hydrogens is 198 g/mol. The molecule has 1 atom stereocenters. The molecular formula is C10H23NO4. The average Bonchev–Trinajstić information content (AvgIpc) is 2.26. The standard InChI is InChI=1S/C10H23NO4/c1-11-10(12)9-15-8-4-7-14-6-3-5-13-2/h10-12H,3-9H2,1-2H3. The molecule has 0 aliphatic rings. The van der Waals surface area contributed by atoms with Crippen LogP contribution in [0.5, 0.6) is 0 Å². The van der Waals surface area contributed by atoms with E-state index < -0.39 is 6.23 Å². The van der Waals surface area contributed by atoms with Gasteiger partial charge in [0.25, 0.3) is 0 Å². The molecule has 5 nitrogen and oxygen atoms in total. The first kappa shape index (κ1) is 14.8. The van der Waals surface area contributed by atoms with E-state index in [0.717, 1.165) is 26.1 Å². The number of aliphatic hydroxyl groups excluding tert-OH is 1. The van der Waals surface area contributed by atoms with Gasteiger partial charge in [0, 0.05) is 33.5 Å². The van der Waals surface area contributed by atoms with Gasteiger partial charge in [-0.1, -0.05) is 0 Å². The molecule has 0 aromatic carbocycles. The SMILES string of the molecule is CNC(O)COCCCOCCCOC. The number of likely N-dealkylation sites (N-methyl/N-ethyl adjacent to an activating group) is 1. The molecule has 2 N–H and O–H groups in total. The third-order valence-corrected chi connectivity index (χ3v) is 1.82. The van der Waals surface area contributed by atoms with Crippen LogP contribution in [0.15, 0.2) is 0 Å². The van der Waals surface area contributed by atoms with Crippen LogP contribution in [0.3, 0.4) is 0 Å². The smallest absolute Gasteiger partial charge is 0.128 e. The van der Waals surface area contributed by atoms with Crippen LogP contribution in [0.2, 0.25) is 0 Å².